The first-order valence-corrected chi connectivity index (χ1v) is 10.6. The van der Waals surface area contributed by atoms with Crippen molar-refractivity contribution in [2.24, 2.45) is 0 Å². The van der Waals surface area contributed by atoms with Crippen LogP contribution >= 0.6 is 0 Å². The number of hydrogen-bond donors (Lipinski definition) is 1. The van der Waals surface area contributed by atoms with Crippen molar-refractivity contribution in [1.29, 1.82) is 0 Å². The highest BCUT2D eigenvalue weighted by atomic mass is 16.7. The normalized spacial score (nSPS) is 23.1. The second-order valence-electron chi connectivity index (χ2n) is 7.59. The molecule has 3 aromatic carbocycles. The maximum absolute atomic E-state index is 10.5. The van der Waals surface area contributed by atoms with Crippen molar-refractivity contribution < 1.29 is 24.1 Å². The van der Waals surface area contributed by atoms with Gasteiger partial charge in [-0.25, -0.2) is 0 Å². The molecule has 0 bridgehead atoms. The van der Waals surface area contributed by atoms with Crippen molar-refractivity contribution in [3.05, 3.63) is 108 Å². The molecule has 4 atom stereocenters. The van der Waals surface area contributed by atoms with E-state index in [1.54, 1.807) is 0 Å². The van der Waals surface area contributed by atoms with E-state index < -0.39 is 24.6 Å². The first-order chi connectivity index (χ1) is 15.3. The maximum Gasteiger partial charge on any atom is 0.184 e. The molecule has 31 heavy (non-hydrogen) atoms. The van der Waals surface area contributed by atoms with E-state index >= 15 is 0 Å². The molecule has 1 N–H and O–H groups in total. The van der Waals surface area contributed by atoms with Crippen LogP contribution in [-0.4, -0.2) is 36.3 Å². The van der Waals surface area contributed by atoms with Gasteiger partial charge in [0.15, 0.2) is 6.29 Å². The zero-order chi connectivity index (χ0) is 21.3. The lowest BCUT2D eigenvalue weighted by atomic mass is 10.1. The van der Waals surface area contributed by atoms with Gasteiger partial charge in [0.1, 0.15) is 18.3 Å². The van der Waals surface area contributed by atoms with Crippen LogP contribution in [0.1, 0.15) is 16.7 Å². The maximum atomic E-state index is 10.5. The summed E-state index contributed by atoms with van der Waals surface area (Å²) in [6.07, 6.45) is -2.55. The van der Waals surface area contributed by atoms with Gasteiger partial charge in [-0.3, -0.25) is 0 Å². The Bertz CT molecular complexity index is 887. The van der Waals surface area contributed by atoms with Gasteiger partial charge < -0.3 is 24.1 Å². The Morgan fingerprint density at radius 3 is 1.58 bits per heavy atom. The number of hydrogen-bond acceptors (Lipinski definition) is 5. The predicted octanol–water partition coefficient (Wildman–Crippen LogP) is 4.09. The summed E-state index contributed by atoms with van der Waals surface area (Å²) in [5.41, 5.74) is 3.16. The predicted molar refractivity (Wildman–Crippen MR) is 117 cm³/mol. The van der Waals surface area contributed by atoms with E-state index in [1.807, 2.05) is 91.0 Å². The van der Waals surface area contributed by atoms with Crippen molar-refractivity contribution in [2.45, 2.75) is 44.4 Å². The lowest BCUT2D eigenvalue weighted by molar-refractivity contribution is -0.153. The highest BCUT2D eigenvalue weighted by molar-refractivity contribution is 5.15. The van der Waals surface area contributed by atoms with Crippen molar-refractivity contribution in [2.75, 3.05) is 6.61 Å². The number of benzene rings is 3. The third-order valence-electron chi connectivity index (χ3n) is 5.25. The van der Waals surface area contributed by atoms with Crippen molar-refractivity contribution in [1.82, 2.24) is 0 Å². The summed E-state index contributed by atoms with van der Waals surface area (Å²) in [6, 6.07) is 29.8. The summed E-state index contributed by atoms with van der Waals surface area (Å²) < 4.78 is 23.9. The molecule has 5 heteroatoms. The van der Waals surface area contributed by atoms with Gasteiger partial charge in [-0.15, -0.1) is 0 Å². The lowest BCUT2D eigenvalue weighted by Crippen LogP contribution is -2.39. The molecular weight excluding hydrogens is 392 g/mol. The van der Waals surface area contributed by atoms with Crippen LogP contribution in [0.25, 0.3) is 0 Å². The SMILES string of the molecule is O[C@H]1O[C@@H](COCc2ccccc2)C(OCc2ccccc2)[C@H]1OCc1ccccc1. The molecule has 5 nitrogen and oxygen atoms in total. The third-order valence-corrected chi connectivity index (χ3v) is 5.25. The highest BCUT2D eigenvalue weighted by Crippen LogP contribution is 2.28. The van der Waals surface area contributed by atoms with Crippen LogP contribution in [0, 0.1) is 0 Å². The van der Waals surface area contributed by atoms with Gasteiger partial charge in [-0.05, 0) is 16.7 Å². The average Bonchev–Trinajstić information content (AvgIpc) is 3.12. The number of aliphatic hydroxyl groups excluding tert-OH is 1. The minimum atomic E-state index is -1.07. The fourth-order valence-corrected chi connectivity index (χ4v) is 3.62. The fourth-order valence-electron chi connectivity index (χ4n) is 3.62. The van der Waals surface area contributed by atoms with Crippen LogP contribution in [0.3, 0.4) is 0 Å². The largest absolute Gasteiger partial charge is 0.374 e. The second kappa shape index (κ2) is 11.2. The van der Waals surface area contributed by atoms with Gasteiger partial charge in [0.2, 0.25) is 0 Å². The van der Waals surface area contributed by atoms with E-state index in [0.717, 1.165) is 16.7 Å². The Labute approximate surface area is 183 Å². The first kappa shape index (κ1) is 21.7. The molecule has 3 aromatic rings. The molecule has 0 spiro atoms. The van der Waals surface area contributed by atoms with Crippen molar-refractivity contribution >= 4 is 0 Å². The minimum Gasteiger partial charge on any atom is -0.374 e. The molecule has 0 amide bonds. The number of ether oxygens (including phenoxy) is 4. The van der Waals surface area contributed by atoms with Crippen LogP contribution in [0.4, 0.5) is 0 Å². The standard InChI is InChI=1S/C26H28O5/c27-26-25(30-18-22-14-8-3-9-15-22)24(29-17-21-12-6-2-7-13-21)23(31-26)19-28-16-20-10-4-1-5-11-20/h1-15,23-27H,16-19H2/t23-,24?,25+,26-/m0/s1. The molecule has 1 saturated heterocycles. The number of aliphatic hydroxyl groups is 1. The van der Waals surface area contributed by atoms with Crippen LogP contribution in [-0.2, 0) is 38.8 Å². The molecule has 4 rings (SSSR count). The molecule has 1 unspecified atom stereocenters. The van der Waals surface area contributed by atoms with Gasteiger partial charge in [0.05, 0.1) is 26.4 Å². The monoisotopic (exact) mass is 420 g/mol. The number of rotatable bonds is 10. The Hall–Kier alpha value is -2.54. The highest BCUT2D eigenvalue weighted by Gasteiger charge is 2.45. The smallest absolute Gasteiger partial charge is 0.184 e. The van der Waals surface area contributed by atoms with Crippen LogP contribution < -0.4 is 0 Å². The van der Waals surface area contributed by atoms with Gasteiger partial charge >= 0.3 is 0 Å². The molecule has 1 fully saturated rings. The Morgan fingerprint density at radius 2 is 1.06 bits per heavy atom. The van der Waals surface area contributed by atoms with E-state index in [2.05, 4.69) is 0 Å². The van der Waals surface area contributed by atoms with Gasteiger partial charge in [0, 0.05) is 0 Å². The zero-order valence-electron chi connectivity index (χ0n) is 17.4. The summed E-state index contributed by atoms with van der Waals surface area (Å²) in [4.78, 5) is 0. The second-order valence-corrected chi connectivity index (χ2v) is 7.59. The molecule has 162 valence electrons. The quantitative estimate of drug-likeness (QED) is 0.535. The molecule has 1 heterocycles. The van der Waals surface area contributed by atoms with Crippen LogP contribution in [0.2, 0.25) is 0 Å². The summed E-state index contributed by atoms with van der Waals surface area (Å²) in [5, 5.41) is 10.5. The molecule has 0 aliphatic carbocycles. The molecule has 1 aliphatic heterocycles. The fraction of sp³-hybridized carbons (Fsp3) is 0.308. The lowest BCUT2D eigenvalue weighted by Gasteiger charge is -2.24. The molecule has 1 aliphatic rings. The van der Waals surface area contributed by atoms with Crippen molar-refractivity contribution in [3.63, 3.8) is 0 Å². The van der Waals surface area contributed by atoms with Crippen LogP contribution in [0.15, 0.2) is 91.0 Å². The van der Waals surface area contributed by atoms with E-state index in [4.69, 9.17) is 18.9 Å². The molecular formula is C26H28O5. The molecule has 0 radical (unpaired) electrons. The third kappa shape index (κ3) is 6.23. The zero-order valence-corrected chi connectivity index (χ0v) is 17.4. The summed E-state index contributed by atoms with van der Waals surface area (Å²) in [6.45, 7) is 1.55. The minimum absolute atomic E-state index is 0.302. The van der Waals surface area contributed by atoms with Crippen molar-refractivity contribution in [3.8, 4) is 0 Å². The van der Waals surface area contributed by atoms with Crippen LogP contribution in [0.5, 0.6) is 0 Å². The summed E-state index contributed by atoms with van der Waals surface area (Å²) in [5.74, 6) is 0. The van der Waals surface area contributed by atoms with E-state index in [0.29, 0.717) is 26.4 Å². The summed E-state index contributed by atoms with van der Waals surface area (Å²) >= 11 is 0. The Morgan fingerprint density at radius 1 is 0.613 bits per heavy atom. The average molecular weight is 421 g/mol. The molecule has 0 aromatic heterocycles. The Kier molecular flexibility index (Phi) is 7.82. The first-order valence-electron chi connectivity index (χ1n) is 10.6. The van der Waals surface area contributed by atoms with Gasteiger partial charge in [0.25, 0.3) is 0 Å². The van der Waals surface area contributed by atoms with E-state index in [9.17, 15) is 5.11 Å². The Balaban J connectivity index is 1.39. The molecule has 0 saturated carbocycles. The van der Waals surface area contributed by atoms with Gasteiger partial charge in [-0.1, -0.05) is 91.0 Å². The van der Waals surface area contributed by atoms with Gasteiger partial charge in [-0.2, -0.15) is 0 Å². The topological polar surface area (TPSA) is 57.2 Å². The van der Waals surface area contributed by atoms with E-state index in [1.165, 1.54) is 0 Å². The van der Waals surface area contributed by atoms with E-state index in [-0.39, 0.29) is 0 Å². The summed E-state index contributed by atoms with van der Waals surface area (Å²) in [7, 11) is 0.